The maximum atomic E-state index is 5.48. The number of hydrogen-bond acceptors (Lipinski definition) is 1. The summed E-state index contributed by atoms with van der Waals surface area (Å²) in [5.41, 5.74) is 0. The van der Waals surface area contributed by atoms with Crippen LogP contribution in [0.4, 0.5) is 0 Å². The van der Waals surface area contributed by atoms with Crippen molar-refractivity contribution < 1.29 is 9.22 Å². The first-order valence-electron chi connectivity index (χ1n) is 4.34. The second-order valence-corrected chi connectivity index (χ2v) is 3.61. The fourth-order valence-electron chi connectivity index (χ4n) is 2.18. The lowest BCUT2D eigenvalue weighted by Gasteiger charge is -2.36. The van der Waals surface area contributed by atoms with Crippen LogP contribution in [0.2, 0.25) is 0 Å². The molecule has 2 aliphatic rings. The minimum absolute atomic E-state index is 1.00. The predicted molar refractivity (Wildman–Crippen MR) is 39.5 cm³/mol. The summed E-state index contributed by atoms with van der Waals surface area (Å²) in [6, 6.07) is 0. The lowest BCUT2D eigenvalue weighted by atomic mass is 10.3. The van der Waals surface area contributed by atoms with Gasteiger partial charge in [-0.2, -0.15) is 0 Å². The molecule has 0 N–H and O–H groups in total. The molecule has 0 aliphatic carbocycles. The molecule has 1 spiro atoms. The van der Waals surface area contributed by atoms with E-state index in [0.717, 1.165) is 13.3 Å². The first-order valence-corrected chi connectivity index (χ1v) is 4.34. The Morgan fingerprint density at radius 2 is 1.60 bits per heavy atom. The molecule has 2 rings (SSSR count). The zero-order chi connectivity index (χ0) is 6.86. The Morgan fingerprint density at radius 3 is 2.20 bits per heavy atom. The highest BCUT2D eigenvalue weighted by atomic mass is 16.5. The molecule has 2 fully saturated rings. The van der Waals surface area contributed by atoms with E-state index in [0.29, 0.717) is 0 Å². The van der Waals surface area contributed by atoms with E-state index in [2.05, 4.69) is 0 Å². The Kier molecular flexibility index (Phi) is 1.66. The third kappa shape index (κ3) is 1.06. The van der Waals surface area contributed by atoms with Crippen LogP contribution in [0.5, 0.6) is 0 Å². The van der Waals surface area contributed by atoms with Gasteiger partial charge in [-0.3, -0.25) is 0 Å². The van der Waals surface area contributed by atoms with Crippen LogP contribution in [0, 0.1) is 0 Å². The number of quaternary nitrogens is 1. The van der Waals surface area contributed by atoms with E-state index < -0.39 is 0 Å². The topological polar surface area (TPSA) is 9.23 Å². The maximum Gasteiger partial charge on any atom is 0.183 e. The highest BCUT2D eigenvalue weighted by Crippen LogP contribution is 2.22. The zero-order valence-corrected chi connectivity index (χ0v) is 6.51. The molecule has 0 aromatic heterocycles. The summed E-state index contributed by atoms with van der Waals surface area (Å²) in [6.45, 7) is 6.12. The third-order valence-electron chi connectivity index (χ3n) is 2.80. The summed E-state index contributed by atoms with van der Waals surface area (Å²) >= 11 is 0. The monoisotopic (exact) mass is 142 g/mol. The largest absolute Gasteiger partial charge is 0.331 e. The quantitative estimate of drug-likeness (QED) is 0.458. The molecule has 0 atom stereocenters. The molecule has 2 saturated heterocycles. The molecule has 0 saturated carbocycles. The lowest BCUT2D eigenvalue weighted by molar-refractivity contribution is -0.941. The average molecular weight is 142 g/mol. The van der Waals surface area contributed by atoms with Gasteiger partial charge in [-0.1, -0.05) is 0 Å². The molecule has 0 unspecified atom stereocenters. The van der Waals surface area contributed by atoms with Gasteiger partial charge >= 0.3 is 0 Å². The van der Waals surface area contributed by atoms with Gasteiger partial charge in [0.2, 0.25) is 0 Å². The van der Waals surface area contributed by atoms with E-state index in [1.54, 1.807) is 0 Å². The Balaban J connectivity index is 1.98. The molecule has 0 aromatic rings. The fraction of sp³-hybridized carbons (Fsp3) is 1.00. The van der Waals surface area contributed by atoms with E-state index in [1.807, 2.05) is 0 Å². The van der Waals surface area contributed by atoms with Crippen molar-refractivity contribution in [3.8, 4) is 0 Å². The van der Waals surface area contributed by atoms with Gasteiger partial charge in [-0.15, -0.1) is 0 Å². The van der Waals surface area contributed by atoms with Crippen molar-refractivity contribution in [3.63, 3.8) is 0 Å². The Labute approximate surface area is 62.4 Å². The highest BCUT2D eigenvalue weighted by Gasteiger charge is 2.33. The van der Waals surface area contributed by atoms with Gasteiger partial charge in [-0.25, -0.2) is 0 Å². The van der Waals surface area contributed by atoms with E-state index in [9.17, 15) is 0 Å². The van der Waals surface area contributed by atoms with Gasteiger partial charge in [0, 0.05) is 19.3 Å². The molecular weight excluding hydrogens is 126 g/mol. The van der Waals surface area contributed by atoms with Crippen molar-refractivity contribution in [1.29, 1.82) is 0 Å². The van der Waals surface area contributed by atoms with Crippen LogP contribution >= 0.6 is 0 Å². The first kappa shape index (κ1) is 6.62. The first-order chi connectivity index (χ1) is 4.91. The van der Waals surface area contributed by atoms with Crippen LogP contribution in [0.3, 0.4) is 0 Å². The summed E-state index contributed by atoms with van der Waals surface area (Å²) < 4.78 is 6.76. The highest BCUT2D eigenvalue weighted by molar-refractivity contribution is 4.55. The van der Waals surface area contributed by atoms with Crippen molar-refractivity contribution >= 4 is 0 Å². The molecule has 58 valence electrons. The van der Waals surface area contributed by atoms with Gasteiger partial charge in [0.15, 0.2) is 6.73 Å². The van der Waals surface area contributed by atoms with E-state index in [4.69, 9.17) is 4.74 Å². The summed E-state index contributed by atoms with van der Waals surface area (Å²) in [7, 11) is 0. The number of nitrogens with zero attached hydrogens (tertiary/aromatic N) is 1. The van der Waals surface area contributed by atoms with Crippen LogP contribution < -0.4 is 0 Å². The van der Waals surface area contributed by atoms with Crippen molar-refractivity contribution in [2.24, 2.45) is 0 Å². The summed E-state index contributed by atoms with van der Waals surface area (Å²) in [6.07, 6.45) is 4.12. The van der Waals surface area contributed by atoms with Crippen molar-refractivity contribution in [2.75, 3.05) is 33.0 Å². The second kappa shape index (κ2) is 2.51. The number of rotatable bonds is 0. The fourth-order valence-corrected chi connectivity index (χ4v) is 2.18. The molecule has 2 nitrogen and oxygen atoms in total. The third-order valence-corrected chi connectivity index (χ3v) is 2.80. The molecule has 2 aliphatic heterocycles. The maximum absolute atomic E-state index is 5.48. The van der Waals surface area contributed by atoms with E-state index in [-0.39, 0.29) is 0 Å². The van der Waals surface area contributed by atoms with Crippen molar-refractivity contribution in [2.45, 2.75) is 19.3 Å². The minimum Gasteiger partial charge on any atom is -0.331 e. The molecule has 10 heavy (non-hydrogen) atoms. The molecule has 0 aromatic carbocycles. The Morgan fingerprint density at radius 1 is 0.900 bits per heavy atom. The van der Waals surface area contributed by atoms with Crippen LogP contribution in [0.15, 0.2) is 0 Å². The van der Waals surface area contributed by atoms with E-state index in [1.165, 1.54) is 43.4 Å². The summed E-state index contributed by atoms with van der Waals surface area (Å²) in [5.74, 6) is 0. The normalized spacial score (nSPS) is 31.2. The van der Waals surface area contributed by atoms with Gasteiger partial charge in [0.05, 0.1) is 26.2 Å². The molecule has 2 heterocycles. The standard InChI is InChI=1S/C8H16NO/c1-2-5-9(4-1)6-3-7-10-8-9/h1-8H2/q+1. The van der Waals surface area contributed by atoms with Crippen LogP contribution in [-0.4, -0.2) is 37.5 Å². The summed E-state index contributed by atoms with van der Waals surface area (Å²) in [5, 5.41) is 0. The number of ether oxygens (including phenoxy) is 1. The zero-order valence-electron chi connectivity index (χ0n) is 6.51. The summed E-state index contributed by atoms with van der Waals surface area (Å²) in [4.78, 5) is 0. The van der Waals surface area contributed by atoms with Crippen LogP contribution in [0.1, 0.15) is 19.3 Å². The molecule has 0 bridgehead atoms. The molecule has 0 amide bonds. The van der Waals surface area contributed by atoms with Gasteiger partial charge in [0.25, 0.3) is 0 Å². The second-order valence-electron chi connectivity index (χ2n) is 3.61. The van der Waals surface area contributed by atoms with Crippen molar-refractivity contribution in [1.82, 2.24) is 0 Å². The predicted octanol–water partition coefficient (Wildman–Crippen LogP) is 0.975. The van der Waals surface area contributed by atoms with Crippen LogP contribution in [-0.2, 0) is 4.74 Å². The van der Waals surface area contributed by atoms with Gasteiger partial charge in [0.1, 0.15) is 0 Å². The van der Waals surface area contributed by atoms with Gasteiger partial charge < -0.3 is 9.22 Å². The number of hydrogen-bond donors (Lipinski definition) is 0. The molecular formula is C8H16NO+. The van der Waals surface area contributed by atoms with Crippen molar-refractivity contribution in [3.05, 3.63) is 0 Å². The van der Waals surface area contributed by atoms with Gasteiger partial charge in [-0.05, 0) is 0 Å². The van der Waals surface area contributed by atoms with E-state index >= 15 is 0 Å². The SMILES string of the molecule is C1CC[N+]2(C1)CCCOC2. The molecule has 2 heteroatoms. The minimum atomic E-state index is 1.00. The van der Waals surface area contributed by atoms with Crippen LogP contribution in [0.25, 0.3) is 0 Å². The Hall–Kier alpha value is -0.0800. The Bertz CT molecular complexity index is 110. The molecule has 0 radical (unpaired) electrons. The average Bonchev–Trinajstić information content (AvgIpc) is 2.39. The smallest absolute Gasteiger partial charge is 0.183 e. The lowest BCUT2D eigenvalue weighted by Crippen LogP contribution is -2.50.